The van der Waals surface area contributed by atoms with Crippen LogP contribution in [0.5, 0.6) is 0 Å². The average molecular weight is 158 g/mol. The maximum absolute atomic E-state index is 5.68. The number of thioether (sulfide) groups is 1. The molecule has 0 aromatic carbocycles. The predicted molar refractivity (Wildman–Crippen MR) is 47.6 cm³/mol. The second-order valence-corrected chi connectivity index (χ2v) is 3.81. The lowest BCUT2D eigenvalue weighted by molar-refractivity contribution is 0.729. The topological polar surface area (TPSA) is 38.4 Å². The minimum Gasteiger partial charge on any atom is -0.387 e. The lowest BCUT2D eigenvalue weighted by atomic mass is 10.2. The minimum atomic E-state index is 0.513. The molecule has 0 aromatic rings. The molecular weight excluding hydrogens is 144 g/mol. The fourth-order valence-corrected chi connectivity index (χ4v) is 2.38. The molecule has 1 fully saturated rings. The predicted octanol–water partition coefficient (Wildman–Crippen LogP) is 1.26. The molecule has 1 aliphatic heterocycles. The quantitative estimate of drug-likeness (QED) is 0.461. The summed E-state index contributed by atoms with van der Waals surface area (Å²) in [4.78, 5) is 3.99. The van der Waals surface area contributed by atoms with Crippen LogP contribution in [-0.4, -0.2) is 23.9 Å². The van der Waals surface area contributed by atoms with E-state index in [1.165, 1.54) is 25.0 Å². The smallest absolute Gasteiger partial charge is 0.107 e. The molecule has 1 heterocycles. The molecule has 0 spiro atoms. The molecular formula is C7H14N2S. The average Bonchev–Trinajstić information content (AvgIpc) is 2.05. The lowest BCUT2D eigenvalue weighted by Crippen LogP contribution is -2.28. The van der Waals surface area contributed by atoms with Gasteiger partial charge in [0.15, 0.2) is 0 Å². The standard InChI is InChI=1S/C7H14N2S/c1-9-7(8)6-4-2-3-5-10-6/h6H,2-5H2,1H3,(H2,8,9). The molecule has 1 unspecified atom stereocenters. The summed E-state index contributed by atoms with van der Waals surface area (Å²) < 4.78 is 0. The molecule has 0 bridgehead atoms. The Bertz CT molecular complexity index is 128. The highest BCUT2D eigenvalue weighted by molar-refractivity contribution is 8.00. The van der Waals surface area contributed by atoms with Gasteiger partial charge >= 0.3 is 0 Å². The normalized spacial score (nSPS) is 28.5. The van der Waals surface area contributed by atoms with Crippen LogP contribution in [0.25, 0.3) is 0 Å². The Kier molecular flexibility index (Phi) is 3.06. The zero-order valence-corrected chi connectivity index (χ0v) is 7.16. The zero-order valence-electron chi connectivity index (χ0n) is 6.34. The Morgan fingerprint density at radius 3 is 2.90 bits per heavy atom. The van der Waals surface area contributed by atoms with Crippen LogP contribution in [0.1, 0.15) is 19.3 Å². The first-order valence-electron chi connectivity index (χ1n) is 3.68. The number of nitrogens with two attached hydrogens (primary N) is 1. The van der Waals surface area contributed by atoms with E-state index in [-0.39, 0.29) is 0 Å². The van der Waals surface area contributed by atoms with E-state index >= 15 is 0 Å². The number of rotatable bonds is 1. The van der Waals surface area contributed by atoms with Gasteiger partial charge in [-0.1, -0.05) is 6.42 Å². The molecule has 2 N–H and O–H groups in total. The molecule has 0 radical (unpaired) electrons. The molecule has 0 aliphatic carbocycles. The highest BCUT2D eigenvalue weighted by atomic mass is 32.2. The molecule has 0 saturated carbocycles. The summed E-state index contributed by atoms with van der Waals surface area (Å²) in [6.45, 7) is 0. The lowest BCUT2D eigenvalue weighted by Gasteiger charge is -2.19. The van der Waals surface area contributed by atoms with Crippen molar-refractivity contribution in [2.45, 2.75) is 24.5 Å². The third-order valence-corrected chi connectivity index (χ3v) is 3.17. The molecule has 3 heteroatoms. The van der Waals surface area contributed by atoms with E-state index in [2.05, 4.69) is 4.99 Å². The largest absolute Gasteiger partial charge is 0.387 e. The van der Waals surface area contributed by atoms with Crippen molar-refractivity contribution in [3.05, 3.63) is 0 Å². The Balaban J connectivity index is 2.39. The Labute approximate surface area is 66.3 Å². The first kappa shape index (κ1) is 7.92. The SMILES string of the molecule is CN=C(N)C1CCCCS1. The fraction of sp³-hybridized carbons (Fsp3) is 0.857. The van der Waals surface area contributed by atoms with Crippen molar-refractivity contribution in [1.29, 1.82) is 0 Å². The van der Waals surface area contributed by atoms with Crippen LogP contribution in [0.2, 0.25) is 0 Å². The van der Waals surface area contributed by atoms with Crippen LogP contribution in [0.15, 0.2) is 4.99 Å². The minimum absolute atomic E-state index is 0.513. The number of hydrogen-bond donors (Lipinski definition) is 1. The van der Waals surface area contributed by atoms with Gasteiger partial charge in [0, 0.05) is 7.05 Å². The van der Waals surface area contributed by atoms with Gasteiger partial charge in [-0.25, -0.2) is 0 Å². The molecule has 0 amide bonds. The Morgan fingerprint density at radius 2 is 2.40 bits per heavy atom. The van der Waals surface area contributed by atoms with Crippen molar-refractivity contribution in [3.8, 4) is 0 Å². The van der Waals surface area contributed by atoms with Gasteiger partial charge in [0.2, 0.25) is 0 Å². The van der Waals surface area contributed by atoms with Crippen LogP contribution >= 0.6 is 11.8 Å². The van der Waals surface area contributed by atoms with Gasteiger partial charge in [-0.2, -0.15) is 11.8 Å². The third kappa shape index (κ3) is 1.90. The van der Waals surface area contributed by atoms with Gasteiger partial charge in [-0.3, -0.25) is 4.99 Å². The summed E-state index contributed by atoms with van der Waals surface area (Å²) in [6, 6.07) is 0. The fourth-order valence-electron chi connectivity index (χ4n) is 1.12. The van der Waals surface area contributed by atoms with E-state index in [0.717, 1.165) is 5.84 Å². The monoisotopic (exact) mass is 158 g/mol. The van der Waals surface area contributed by atoms with Gasteiger partial charge < -0.3 is 5.73 Å². The van der Waals surface area contributed by atoms with Gasteiger partial charge in [0.05, 0.1) is 5.25 Å². The van der Waals surface area contributed by atoms with Crippen molar-refractivity contribution >= 4 is 17.6 Å². The van der Waals surface area contributed by atoms with E-state index < -0.39 is 0 Å². The van der Waals surface area contributed by atoms with Crippen LogP contribution in [0.3, 0.4) is 0 Å². The molecule has 0 aromatic heterocycles. The van der Waals surface area contributed by atoms with Crippen LogP contribution < -0.4 is 5.73 Å². The van der Waals surface area contributed by atoms with Gasteiger partial charge in [0.25, 0.3) is 0 Å². The van der Waals surface area contributed by atoms with E-state index in [1.54, 1.807) is 7.05 Å². The number of amidine groups is 1. The highest BCUT2D eigenvalue weighted by Crippen LogP contribution is 2.24. The molecule has 1 saturated heterocycles. The van der Waals surface area contributed by atoms with Crippen LogP contribution in [0, 0.1) is 0 Å². The van der Waals surface area contributed by atoms with E-state index in [0.29, 0.717) is 5.25 Å². The molecule has 1 atom stereocenters. The second kappa shape index (κ2) is 3.86. The van der Waals surface area contributed by atoms with Crippen molar-refractivity contribution in [2.24, 2.45) is 10.7 Å². The summed E-state index contributed by atoms with van der Waals surface area (Å²) in [5.41, 5.74) is 5.68. The maximum Gasteiger partial charge on any atom is 0.107 e. The molecule has 10 heavy (non-hydrogen) atoms. The number of aliphatic imine (C=N–C) groups is 1. The molecule has 1 aliphatic rings. The van der Waals surface area contributed by atoms with Crippen LogP contribution in [0.4, 0.5) is 0 Å². The maximum atomic E-state index is 5.68. The van der Waals surface area contributed by atoms with Crippen molar-refractivity contribution < 1.29 is 0 Å². The Morgan fingerprint density at radius 1 is 1.60 bits per heavy atom. The van der Waals surface area contributed by atoms with E-state index in [4.69, 9.17) is 5.73 Å². The summed E-state index contributed by atoms with van der Waals surface area (Å²) in [7, 11) is 1.77. The number of nitrogens with zero attached hydrogens (tertiary/aromatic N) is 1. The Hall–Kier alpha value is -0.180. The van der Waals surface area contributed by atoms with Crippen LogP contribution in [-0.2, 0) is 0 Å². The summed E-state index contributed by atoms with van der Waals surface area (Å²) >= 11 is 1.94. The highest BCUT2D eigenvalue weighted by Gasteiger charge is 2.16. The second-order valence-electron chi connectivity index (χ2n) is 2.50. The van der Waals surface area contributed by atoms with Crippen molar-refractivity contribution in [2.75, 3.05) is 12.8 Å². The first-order valence-corrected chi connectivity index (χ1v) is 4.73. The summed E-state index contributed by atoms with van der Waals surface area (Å²) in [5.74, 6) is 2.07. The van der Waals surface area contributed by atoms with Gasteiger partial charge in [-0.05, 0) is 18.6 Å². The van der Waals surface area contributed by atoms with E-state index in [9.17, 15) is 0 Å². The third-order valence-electron chi connectivity index (χ3n) is 1.77. The molecule has 2 nitrogen and oxygen atoms in total. The number of hydrogen-bond acceptors (Lipinski definition) is 2. The summed E-state index contributed by atoms with van der Waals surface area (Å²) in [6.07, 6.45) is 3.87. The van der Waals surface area contributed by atoms with Crippen molar-refractivity contribution in [3.63, 3.8) is 0 Å². The molecule has 58 valence electrons. The summed E-state index contributed by atoms with van der Waals surface area (Å²) in [5, 5.41) is 0.513. The van der Waals surface area contributed by atoms with E-state index in [1.807, 2.05) is 11.8 Å². The van der Waals surface area contributed by atoms with Crippen molar-refractivity contribution in [1.82, 2.24) is 0 Å². The van der Waals surface area contributed by atoms with Gasteiger partial charge in [-0.15, -0.1) is 0 Å². The van der Waals surface area contributed by atoms with Gasteiger partial charge in [0.1, 0.15) is 5.84 Å². The zero-order chi connectivity index (χ0) is 7.40. The first-order chi connectivity index (χ1) is 4.84. The molecule has 1 rings (SSSR count).